The summed E-state index contributed by atoms with van der Waals surface area (Å²) in [6, 6.07) is -0.955. The Bertz CT molecular complexity index is 183. The molecule has 1 atom stereocenters. The number of aliphatic hydroxyl groups is 1. The topological polar surface area (TPSA) is 113 Å². The van der Waals surface area contributed by atoms with Crippen molar-refractivity contribution in [1.29, 1.82) is 0 Å². The lowest BCUT2D eigenvalue weighted by molar-refractivity contribution is -0.141. The summed E-state index contributed by atoms with van der Waals surface area (Å²) in [5.74, 6) is -1.62. The van der Waals surface area contributed by atoms with Crippen LogP contribution in [0.1, 0.15) is 12.8 Å². The number of aliphatic carboxylic acids is 1. The summed E-state index contributed by atoms with van der Waals surface area (Å²) >= 11 is 0. The van der Waals surface area contributed by atoms with E-state index in [-0.39, 0.29) is 19.6 Å². The predicted octanol–water partition coefficient (Wildman–Crippen LogP) is -1.71. The van der Waals surface area contributed by atoms with Crippen molar-refractivity contribution in [2.75, 3.05) is 13.2 Å². The maximum absolute atomic E-state index is 10.7. The third-order valence-corrected chi connectivity index (χ3v) is 1.47. The fraction of sp³-hybridized carbons (Fsp3) is 0.714. The fourth-order valence-electron chi connectivity index (χ4n) is 0.806. The van der Waals surface area contributed by atoms with Crippen molar-refractivity contribution in [2.45, 2.75) is 18.9 Å². The molecule has 6 heteroatoms. The van der Waals surface area contributed by atoms with Gasteiger partial charge >= 0.3 is 5.97 Å². The van der Waals surface area contributed by atoms with Crippen molar-refractivity contribution >= 4 is 11.9 Å². The standard InChI is InChI=1S/C7H14N2O4/c8-4-6(11)9-5(7(12)13)2-1-3-10/h5,10H,1-4,8H2,(H,9,11)(H,12,13)/t5-/m0/s1. The molecule has 13 heavy (non-hydrogen) atoms. The molecule has 0 unspecified atom stereocenters. The SMILES string of the molecule is NCC(=O)N[C@@H](CCCO)C(=O)O. The Hall–Kier alpha value is -1.14. The van der Waals surface area contributed by atoms with Crippen LogP contribution in [0.4, 0.5) is 0 Å². The van der Waals surface area contributed by atoms with E-state index in [0.717, 1.165) is 0 Å². The van der Waals surface area contributed by atoms with Crippen LogP contribution in [0.3, 0.4) is 0 Å². The number of carbonyl (C=O) groups excluding carboxylic acids is 1. The van der Waals surface area contributed by atoms with E-state index in [9.17, 15) is 9.59 Å². The van der Waals surface area contributed by atoms with E-state index >= 15 is 0 Å². The first-order chi connectivity index (χ1) is 6.11. The number of carboxylic acids is 1. The highest BCUT2D eigenvalue weighted by atomic mass is 16.4. The highest BCUT2D eigenvalue weighted by Gasteiger charge is 2.18. The molecule has 0 aromatic carbocycles. The van der Waals surface area contributed by atoms with Crippen molar-refractivity contribution in [3.05, 3.63) is 0 Å². The van der Waals surface area contributed by atoms with Gasteiger partial charge in [-0.25, -0.2) is 4.79 Å². The van der Waals surface area contributed by atoms with Crippen molar-refractivity contribution in [1.82, 2.24) is 5.32 Å². The Labute approximate surface area is 75.7 Å². The number of carbonyl (C=O) groups is 2. The quantitative estimate of drug-likeness (QED) is 0.398. The smallest absolute Gasteiger partial charge is 0.326 e. The highest BCUT2D eigenvalue weighted by Crippen LogP contribution is 1.96. The minimum atomic E-state index is -1.12. The molecule has 6 nitrogen and oxygen atoms in total. The van der Waals surface area contributed by atoms with Crippen LogP contribution in [-0.4, -0.2) is 41.3 Å². The molecule has 0 aliphatic heterocycles. The molecule has 0 saturated carbocycles. The molecule has 0 rings (SSSR count). The first-order valence-corrected chi connectivity index (χ1v) is 3.95. The largest absolute Gasteiger partial charge is 0.480 e. The summed E-state index contributed by atoms with van der Waals surface area (Å²) in [4.78, 5) is 21.2. The van der Waals surface area contributed by atoms with Crippen LogP contribution in [-0.2, 0) is 9.59 Å². The number of nitrogens with two attached hydrogens (primary N) is 1. The molecule has 0 aromatic heterocycles. The zero-order valence-corrected chi connectivity index (χ0v) is 7.19. The molecule has 0 aliphatic carbocycles. The van der Waals surface area contributed by atoms with Gasteiger partial charge in [0.1, 0.15) is 6.04 Å². The molecule has 0 heterocycles. The van der Waals surface area contributed by atoms with Crippen LogP contribution in [0.25, 0.3) is 0 Å². The van der Waals surface area contributed by atoms with Gasteiger partial charge < -0.3 is 21.3 Å². The molecule has 0 bridgehead atoms. The lowest BCUT2D eigenvalue weighted by Gasteiger charge is -2.12. The van der Waals surface area contributed by atoms with Gasteiger partial charge in [0.05, 0.1) is 6.54 Å². The highest BCUT2D eigenvalue weighted by molar-refractivity contribution is 5.84. The second-order valence-electron chi connectivity index (χ2n) is 2.53. The van der Waals surface area contributed by atoms with Crippen LogP contribution in [0.2, 0.25) is 0 Å². The third kappa shape index (κ3) is 5.15. The van der Waals surface area contributed by atoms with E-state index in [0.29, 0.717) is 6.42 Å². The van der Waals surface area contributed by atoms with E-state index in [4.69, 9.17) is 15.9 Å². The summed E-state index contributed by atoms with van der Waals surface area (Å²) in [6.45, 7) is -0.328. The van der Waals surface area contributed by atoms with E-state index in [1.165, 1.54) is 0 Å². The summed E-state index contributed by atoms with van der Waals surface area (Å²) in [7, 11) is 0. The van der Waals surface area contributed by atoms with Gasteiger partial charge in [0.25, 0.3) is 0 Å². The number of carboxylic acid groups (broad SMARTS) is 1. The molecular weight excluding hydrogens is 176 g/mol. The van der Waals surface area contributed by atoms with Gasteiger partial charge in [0, 0.05) is 6.61 Å². The first-order valence-electron chi connectivity index (χ1n) is 3.95. The first kappa shape index (κ1) is 11.9. The number of hydrogen-bond acceptors (Lipinski definition) is 4. The summed E-state index contributed by atoms with van der Waals surface area (Å²) in [5, 5.41) is 19.3. The minimum Gasteiger partial charge on any atom is -0.480 e. The fourth-order valence-corrected chi connectivity index (χ4v) is 0.806. The van der Waals surface area contributed by atoms with Crippen molar-refractivity contribution < 1.29 is 19.8 Å². The summed E-state index contributed by atoms with van der Waals surface area (Å²) in [6.07, 6.45) is 0.541. The van der Waals surface area contributed by atoms with Crippen LogP contribution < -0.4 is 11.1 Å². The second-order valence-corrected chi connectivity index (χ2v) is 2.53. The van der Waals surface area contributed by atoms with Gasteiger partial charge in [-0.05, 0) is 12.8 Å². The summed E-state index contributed by atoms with van der Waals surface area (Å²) in [5.41, 5.74) is 4.99. The number of nitrogens with one attached hydrogen (secondary N) is 1. The van der Waals surface area contributed by atoms with Crippen LogP contribution in [0, 0.1) is 0 Å². The molecule has 5 N–H and O–H groups in total. The van der Waals surface area contributed by atoms with Gasteiger partial charge in [-0.2, -0.15) is 0 Å². The molecule has 0 fully saturated rings. The van der Waals surface area contributed by atoms with Gasteiger partial charge in [0.15, 0.2) is 0 Å². The predicted molar refractivity (Wildman–Crippen MR) is 44.9 cm³/mol. The number of aliphatic hydroxyl groups excluding tert-OH is 1. The Morgan fingerprint density at radius 3 is 2.46 bits per heavy atom. The van der Waals surface area contributed by atoms with Gasteiger partial charge in [-0.1, -0.05) is 0 Å². The van der Waals surface area contributed by atoms with E-state index in [1.54, 1.807) is 0 Å². The Morgan fingerprint density at radius 1 is 1.46 bits per heavy atom. The zero-order chi connectivity index (χ0) is 10.3. The molecule has 76 valence electrons. The Kier molecular flexibility index (Phi) is 5.82. The molecule has 0 spiro atoms. The molecule has 0 aliphatic rings. The lowest BCUT2D eigenvalue weighted by Crippen LogP contribution is -2.43. The van der Waals surface area contributed by atoms with E-state index in [1.807, 2.05) is 0 Å². The molecule has 1 amide bonds. The lowest BCUT2D eigenvalue weighted by atomic mass is 10.1. The molecule has 0 saturated heterocycles. The van der Waals surface area contributed by atoms with Crippen LogP contribution in [0.15, 0.2) is 0 Å². The molecule has 0 radical (unpaired) electrons. The third-order valence-electron chi connectivity index (χ3n) is 1.47. The van der Waals surface area contributed by atoms with Crippen molar-refractivity contribution in [3.63, 3.8) is 0 Å². The Morgan fingerprint density at radius 2 is 2.08 bits per heavy atom. The van der Waals surface area contributed by atoms with E-state index in [2.05, 4.69) is 5.32 Å². The normalized spacial score (nSPS) is 12.2. The van der Waals surface area contributed by atoms with Gasteiger partial charge in [0.2, 0.25) is 5.91 Å². The zero-order valence-electron chi connectivity index (χ0n) is 7.19. The Balaban J connectivity index is 3.94. The average Bonchev–Trinajstić information content (AvgIpc) is 2.11. The number of hydrogen-bond donors (Lipinski definition) is 4. The molecular formula is C7H14N2O4. The second kappa shape index (κ2) is 6.38. The van der Waals surface area contributed by atoms with Crippen LogP contribution >= 0.6 is 0 Å². The van der Waals surface area contributed by atoms with Gasteiger partial charge in [-0.3, -0.25) is 4.79 Å². The monoisotopic (exact) mass is 190 g/mol. The number of rotatable bonds is 6. The van der Waals surface area contributed by atoms with Crippen molar-refractivity contribution in [2.24, 2.45) is 5.73 Å². The van der Waals surface area contributed by atoms with Crippen LogP contribution in [0.5, 0.6) is 0 Å². The molecule has 0 aromatic rings. The maximum Gasteiger partial charge on any atom is 0.326 e. The van der Waals surface area contributed by atoms with Gasteiger partial charge in [-0.15, -0.1) is 0 Å². The summed E-state index contributed by atoms with van der Waals surface area (Å²) < 4.78 is 0. The van der Waals surface area contributed by atoms with E-state index < -0.39 is 17.9 Å². The van der Waals surface area contributed by atoms with Crippen molar-refractivity contribution in [3.8, 4) is 0 Å². The minimum absolute atomic E-state index is 0.0950. The number of amides is 1. The average molecular weight is 190 g/mol. The maximum atomic E-state index is 10.7.